The Morgan fingerprint density at radius 2 is 1.86 bits per heavy atom. The quantitative estimate of drug-likeness (QED) is 0.445. The number of carbonyl (C=O) groups excluding carboxylic acids is 1. The monoisotopic (exact) mass is 287 g/mol. The maximum atomic E-state index is 11.8. The van der Waals surface area contributed by atoms with Crippen molar-refractivity contribution in [1.29, 1.82) is 0 Å². The van der Waals surface area contributed by atoms with Crippen molar-refractivity contribution >= 4 is 23.0 Å². The number of hydrogen-bond acceptors (Lipinski definition) is 5. The summed E-state index contributed by atoms with van der Waals surface area (Å²) in [6.07, 6.45) is 0. The van der Waals surface area contributed by atoms with Gasteiger partial charge in [-0.1, -0.05) is 24.3 Å². The first kappa shape index (κ1) is 14.3. The highest BCUT2D eigenvalue weighted by Crippen LogP contribution is 2.32. The Morgan fingerprint density at radius 3 is 2.52 bits per heavy atom. The number of phenols is 1. The van der Waals surface area contributed by atoms with E-state index in [1.807, 2.05) is 18.2 Å². The SMILES string of the molecule is O=C(CNc1ccccc1)Nc1c(O)cccc1[N+](=O)[O-]. The van der Waals surface area contributed by atoms with Gasteiger partial charge < -0.3 is 15.7 Å². The third-order valence-electron chi connectivity index (χ3n) is 2.71. The number of aromatic hydroxyl groups is 1. The molecule has 0 atom stereocenters. The van der Waals surface area contributed by atoms with E-state index in [4.69, 9.17) is 0 Å². The highest BCUT2D eigenvalue weighted by molar-refractivity contribution is 5.97. The van der Waals surface area contributed by atoms with Gasteiger partial charge in [-0.05, 0) is 18.2 Å². The first-order valence-corrected chi connectivity index (χ1v) is 6.13. The number of hydrogen-bond donors (Lipinski definition) is 3. The summed E-state index contributed by atoms with van der Waals surface area (Å²) in [5.74, 6) is -0.847. The van der Waals surface area contributed by atoms with E-state index >= 15 is 0 Å². The minimum Gasteiger partial charge on any atom is -0.505 e. The van der Waals surface area contributed by atoms with Gasteiger partial charge >= 0.3 is 0 Å². The van der Waals surface area contributed by atoms with Crippen LogP contribution in [0.5, 0.6) is 5.75 Å². The molecule has 0 radical (unpaired) electrons. The summed E-state index contributed by atoms with van der Waals surface area (Å²) >= 11 is 0. The summed E-state index contributed by atoms with van der Waals surface area (Å²) in [7, 11) is 0. The van der Waals surface area contributed by atoms with Crippen LogP contribution in [0, 0.1) is 10.1 Å². The predicted octanol–water partition coefficient (Wildman–Crippen LogP) is 2.35. The van der Waals surface area contributed by atoms with Crippen molar-refractivity contribution in [3.8, 4) is 5.75 Å². The van der Waals surface area contributed by atoms with Gasteiger partial charge in [-0.15, -0.1) is 0 Å². The molecule has 7 heteroatoms. The number of rotatable bonds is 5. The smallest absolute Gasteiger partial charge is 0.296 e. The molecule has 2 aromatic carbocycles. The van der Waals surface area contributed by atoms with Crippen molar-refractivity contribution in [3.63, 3.8) is 0 Å². The zero-order valence-electron chi connectivity index (χ0n) is 10.9. The van der Waals surface area contributed by atoms with Crippen molar-refractivity contribution < 1.29 is 14.8 Å². The minimum absolute atomic E-state index is 0.0739. The van der Waals surface area contributed by atoms with Crippen LogP contribution in [0.25, 0.3) is 0 Å². The van der Waals surface area contributed by atoms with Gasteiger partial charge in [-0.3, -0.25) is 14.9 Å². The van der Waals surface area contributed by atoms with Gasteiger partial charge in [0.15, 0.2) is 5.69 Å². The van der Waals surface area contributed by atoms with Gasteiger partial charge in [0.05, 0.1) is 11.5 Å². The maximum absolute atomic E-state index is 11.8. The van der Waals surface area contributed by atoms with Gasteiger partial charge in [0.2, 0.25) is 5.91 Å². The number of carbonyl (C=O) groups is 1. The highest BCUT2D eigenvalue weighted by Gasteiger charge is 2.19. The maximum Gasteiger partial charge on any atom is 0.296 e. The van der Waals surface area contributed by atoms with E-state index in [9.17, 15) is 20.0 Å². The Balaban J connectivity index is 2.05. The van der Waals surface area contributed by atoms with Gasteiger partial charge in [-0.2, -0.15) is 0 Å². The topological polar surface area (TPSA) is 104 Å². The fraction of sp³-hybridized carbons (Fsp3) is 0.0714. The standard InChI is InChI=1S/C14H13N3O4/c18-12-8-4-7-11(17(20)21)14(12)16-13(19)9-15-10-5-2-1-3-6-10/h1-8,15,18H,9H2,(H,16,19). The van der Waals surface area contributed by atoms with Crippen molar-refractivity contribution in [3.05, 3.63) is 58.6 Å². The van der Waals surface area contributed by atoms with Crippen LogP contribution in [0.2, 0.25) is 0 Å². The van der Waals surface area contributed by atoms with E-state index in [2.05, 4.69) is 10.6 Å². The summed E-state index contributed by atoms with van der Waals surface area (Å²) < 4.78 is 0. The number of anilines is 2. The second-order valence-corrected chi connectivity index (χ2v) is 4.20. The molecule has 21 heavy (non-hydrogen) atoms. The molecule has 1 amide bonds. The lowest BCUT2D eigenvalue weighted by Gasteiger charge is -2.09. The fourth-order valence-corrected chi connectivity index (χ4v) is 1.73. The van der Waals surface area contributed by atoms with E-state index in [0.717, 1.165) is 5.69 Å². The Labute approximate surface area is 120 Å². The Morgan fingerprint density at radius 1 is 1.14 bits per heavy atom. The summed E-state index contributed by atoms with van der Waals surface area (Å²) in [6, 6.07) is 12.9. The average molecular weight is 287 g/mol. The molecule has 0 saturated carbocycles. The minimum atomic E-state index is -0.667. The molecule has 0 aliphatic carbocycles. The number of nitro groups is 1. The summed E-state index contributed by atoms with van der Waals surface area (Å²) in [5, 5.41) is 25.7. The number of benzene rings is 2. The van der Waals surface area contributed by atoms with Crippen LogP contribution < -0.4 is 10.6 Å². The van der Waals surface area contributed by atoms with E-state index in [1.165, 1.54) is 18.2 Å². The molecule has 2 rings (SSSR count). The molecule has 3 N–H and O–H groups in total. The molecule has 0 fully saturated rings. The van der Waals surface area contributed by atoms with E-state index in [0.29, 0.717) is 0 Å². The largest absolute Gasteiger partial charge is 0.505 e. The molecule has 0 aliphatic heterocycles. The van der Waals surface area contributed by atoms with Crippen LogP contribution in [0.4, 0.5) is 17.1 Å². The Kier molecular flexibility index (Phi) is 4.35. The predicted molar refractivity (Wildman–Crippen MR) is 78.3 cm³/mol. The van der Waals surface area contributed by atoms with Gasteiger partial charge in [0.1, 0.15) is 5.75 Å². The Bertz CT molecular complexity index is 659. The second-order valence-electron chi connectivity index (χ2n) is 4.20. The third kappa shape index (κ3) is 3.69. The van der Waals surface area contributed by atoms with E-state index in [-0.39, 0.29) is 23.7 Å². The molecular formula is C14H13N3O4. The zero-order valence-corrected chi connectivity index (χ0v) is 10.9. The van der Waals surface area contributed by atoms with Crippen LogP contribution >= 0.6 is 0 Å². The summed E-state index contributed by atoms with van der Waals surface area (Å²) in [4.78, 5) is 22.0. The van der Waals surface area contributed by atoms with Gasteiger partial charge in [-0.25, -0.2) is 0 Å². The number of nitro benzene ring substituents is 1. The summed E-state index contributed by atoms with van der Waals surface area (Å²) in [5.41, 5.74) is 0.185. The normalized spacial score (nSPS) is 9.90. The van der Waals surface area contributed by atoms with Crippen LogP contribution in [-0.4, -0.2) is 22.5 Å². The van der Waals surface area contributed by atoms with Crippen molar-refractivity contribution in [2.75, 3.05) is 17.2 Å². The number of phenolic OH excluding ortho intramolecular Hbond substituents is 1. The molecule has 108 valence electrons. The molecule has 7 nitrogen and oxygen atoms in total. The first-order chi connectivity index (χ1) is 10.1. The zero-order chi connectivity index (χ0) is 15.2. The van der Waals surface area contributed by atoms with Crippen LogP contribution in [0.3, 0.4) is 0 Å². The number of nitrogens with one attached hydrogen (secondary N) is 2. The summed E-state index contributed by atoms with van der Waals surface area (Å²) in [6.45, 7) is -0.0739. The van der Waals surface area contributed by atoms with E-state index < -0.39 is 10.8 Å². The average Bonchev–Trinajstić information content (AvgIpc) is 2.48. The number of nitrogens with zero attached hydrogens (tertiary/aromatic N) is 1. The van der Waals surface area contributed by atoms with Gasteiger partial charge in [0, 0.05) is 11.8 Å². The molecule has 0 spiro atoms. The highest BCUT2D eigenvalue weighted by atomic mass is 16.6. The van der Waals surface area contributed by atoms with Crippen molar-refractivity contribution in [2.24, 2.45) is 0 Å². The van der Waals surface area contributed by atoms with Crippen LogP contribution in [0.1, 0.15) is 0 Å². The molecule has 0 aliphatic rings. The number of amides is 1. The van der Waals surface area contributed by atoms with Gasteiger partial charge in [0.25, 0.3) is 5.69 Å². The van der Waals surface area contributed by atoms with Crippen LogP contribution in [0.15, 0.2) is 48.5 Å². The van der Waals surface area contributed by atoms with Crippen molar-refractivity contribution in [1.82, 2.24) is 0 Å². The molecule has 0 heterocycles. The molecule has 0 unspecified atom stereocenters. The molecule has 0 bridgehead atoms. The lowest BCUT2D eigenvalue weighted by Crippen LogP contribution is -2.22. The third-order valence-corrected chi connectivity index (χ3v) is 2.71. The fourth-order valence-electron chi connectivity index (χ4n) is 1.73. The molecule has 2 aromatic rings. The molecular weight excluding hydrogens is 274 g/mol. The lowest BCUT2D eigenvalue weighted by atomic mass is 10.2. The molecule has 0 aromatic heterocycles. The van der Waals surface area contributed by atoms with Crippen molar-refractivity contribution in [2.45, 2.75) is 0 Å². The second kappa shape index (κ2) is 6.38. The van der Waals surface area contributed by atoms with Crippen LogP contribution in [-0.2, 0) is 4.79 Å². The Hall–Kier alpha value is -3.09. The molecule has 0 saturated heterocycles. The number of para-hydroxylation sites is 2. The van der Waals surface area contributed by atoms with E-state index in [1.54, 1.807) is 12.1 Å². The first-order valence-electron chi connectivity index (χ1n) is 6.13. The lowest BCUT2D eigenvalue weighted by molar-refractivity contribution is -0.384.